The third-order valence-corrected chi connectivity index (χ3v) is 5.83. The molecule has 2 aromatic rings. The summed E-state index contributed by atoms with van der Waals surface area (Å²) in [6.45, 7) is 4.10. The smallest absolute Gasteiger partial charge is 0.165 e. The lowest BCUT2D eigenvalue weighted by Crippen LogP contribution is -2.35. The Morgan fingerprint density at radius 2 is 1.88 bits per heavy atom. The highest BCUT2D eigenvalue weighted by Crippen LogP contribution is 2.35. The zero-order valence-electron chi connectivity index (χ0n) is 14.7. The minimum atomic E-state index is 0.485. The van der Waals surface area contributed by atoms with Crippen molar-refractivity contribution >= 4 is 0 Å². The van der Waals surface area contributed by atoms with Crippen LogP contribution in [0, 0.1) is 0 Å². The maximum absolute atomic E-state index is 4.59. The average Bonchev–Trinajstić information content (AvgIpc) is 3.32. The minimum absolute atomic E-state index is 0.485. The van der Waals surface area contributed by atoms with E-state index in [9.17, 15) is 0 Å². The van der Waals surface area contributed by atoms with Gasteiger partial charge in [-0.1, -0.05) is 6.42 Å². The summed E-state index contributed by atoms with van der Waals surface area (Å²) in [6.07, 6.45) is 9.74. The minimum Gasteiger partial charge on any atom is -0.315 e. The van der Waals surface area contributed by atoms with E-state index in [0.29, 0.717) is 12.0 Å². The van der Waals surface area contributed by atoms with Crippen LogP contribution in [0.1, 0.15) is 74.4 Å². The van der Waals surface area contributed by atoms with Crippen molar-refractivity contribution < 1.29 is 0 Å². The molecule has 2 fully saturated rings. The van der Waals surface area contributed by atoms with E-state index in [4.69, 9.17) is 0 Å². The molecule has 1 atom stereocenters. The predicted molar refractivity (Wildman–Crippen MR) is 90.9 cm³/mol. The first-order valence-corrected chi connectivity index (χ1v) is 9.79. The number of rotatable bonds is 4. The second kappa shape index (κ2) is 6.48. The summed E-state index contributed by atoms with van der Waals surface area (Å²) in [4.78, 5) is 2.50. The quantitative estimate of drug-likeness (QED) is 0.842. The van der Waals surface area contributed by atoms with Crippen molar-refractivity contribution in [3.05, 3.63) is 17.5 Å². The van der Waals surface area contributed by atoms with Crippen molar-refractivity contribution in [3.8, 4) is 0 Å². The Labute approximate surface area is 147 Å². The van der Waals surface area contributed by atoms with Crippen LogP contribution in [0.2, 0.25) is 0 Å². The summed E-state index contributed by atoms with van der Waals surface area (Å²) < 4.78 is 4.45. The number of fused-ring (bicyclic) bond motifs is 1. The van der Waals surface area contributed by atoms with Gasteiger partial charge in [-0.05, 0) is 55.5 Å². The summed E-state index contributed by atoms with van der Waals surface area (Å²) in [5.74, 6) is 3.91. The largest absolute Gasteiger partial charge is 0.315 e. The summed E-state index contributed by atoms with van der Waals surface area (Å²) in [6, 6.07) is 0.540. The molecule has 0 spiro atoms. The van der Waals surface area contributed by atoms with Gasteiger partial charge in [0.1, 0.15) is 11.6 Å². The molecule has 5 rings (SSSR count). The fourth-order valence-electron chi connectivity index (χ4n) is 4.34. The Morgan fingerprint density at radius 3 is 2.80 bits per heavy atom. The first-order valence-electron chi connectivity index (χ1n) is 9.79. The summed E-state index contributed by atoms with van der Waals surface area (Å²) in [5.41, 5.74) is 0. The van der Waals surface area contributed by atoms with Crippen molar-refractivity contribution in [2.45, 2.75) is 76.4 Å². The number of tetrazole rings is 1. The highest BCUT2D eigenvalue weighted by atomic mass is 15.6. The van der Waals surface area contributed by atoms with Gasteiger partial charge in [0.05, 0.1) is 12.6 Å². The van der Waals surface area contributed by atoms with E-state index in [1.54, 1.807) is 0 Å². The van der Waals surface area contributed by atoms with Gasteiger partial charge in [-0.2, -0.15) is 0 Å². The molecule has 0 amide bonds. The second-order valence-electron chi connectivity index (χ2n) is 7.78. The molecule has 0 radical (unpaired) electrons. The van der Waals surface area contributed by atoms with Gasteiger partial charge in [0.15, 0.2) is 5.82 Å². The molecule has 0 bridgehead atoms. The van der Waals surface area contributed by atoms with Crippen LogP contribution >= 0.6 is 0 Å². The van der Waals surface area contributed by atoms with E-state index >= 15 is 0 Å². The lowest BCUT2D eigenvalue weighted by Gasteiger charge is -2.32. The van der Waals surface area contributed by atoms with Gasteiger partial charge >= 0.3 is 0 Å². The van der Waals surface area contributed by atoms with Gasteiger partial charge < -0.3 is 4.57 Å². The van der Waals surface area contributed by atoms with Crippen molar-refractivity contribution in [1.82, 2.24) is 39.9 Å². The Hall–Kier alpha value is -1.83. The molecule has 25 heavy (non-hydrogen) atoms. The first-order chi connectivity index (χ1) is 12.4. The fraction of sp³-hybridized carbons (Fsp3) is 0.824. The van der Waals surface area contributed by atoms with Crippen LogP contribution in [0.15, 0.2) is 0 Å². The SMILES string of the molecule is C1CCc2nnc([C@H]3CCCN(Cc4nnnn4C4CC4)C3)n2CC1. The number of aromatic nitrogens is 7. The molecule has 1 saturated carbocycles. The van der Waals surface area contributed by atoms with E-state index in [0.717, 1.165) is 38.4 Å². The summed E-state index contributed by atoms with van der Waals surface area (Å²) >= 11 is 0. The molecule has 4 heterocycles. The number of likely N-dealkylation sites (tertiary alicyclic amines) is 1. The Kier molecular flexibility index (Phi) is 4.00. The Morgan fingerprint density at radius 1 is 0.920 bits per heavy atom. The van der Waals surface area contributed by atoms with Gasteiger partial charge in [0.2, 0.25) is 0 Å². The first kappa shape index (κ1) is 15.4. The molecule has 1 saturated heterocycles. The van der Waals surface area contributed by atoms with E-state index < -0.39 is 0 Å². The van der Waals surface area contributed by atoms with E-state index in [-0.39, 0.29) is 0 Å². The average molecular weight is 342 g/mol. The molecule has 0 aromatic carbocycles. The Bertz CT molecular complexity index is 731. The fourth-order valence-corrected chi connectivity index (χ4v) is 4.34. The molecule has 0 unspecified atom stereocenters. The third-order valence-electron chi connectivity index (χ3n) is 5.83. The molecule has 1 aliphatic carbocycles. The van der Waals surface area contributed by atoms with Crippen molar-refractivity contribution in [2.75, 3.05) is 13.1 Å². The topological polar surface area (TPSA) is 77.6 Å². The van der Waals surface area contributed by atoms with Crippen LogP contribution in [0.3, 0.4) is 0 Å². The molecular weight excluding hydrogens is 316 g/mol. The van der Waals surface area contributed by atoms with E-state index in [2.05, 4.69) is 35.2 Å². The number of hydrogen-bond acceptors (Lipinski definition) is 6. The molecule has 2 aliphatic heterocycles. The van der Waals surface area contributed by atoms with E-state index in [1.165, 1.54) is 56.6 Å². The van der Waals surface area contributed by atoms with Crippen molar-refractivity contribution in [3.63, 3.8) is 0 Å². The van der Waals surface area contributed by atoms with Gasteiger partial charge in [-0.25, -0.2) is 4.68 Å². The molecule has 8 nitrogen and oxygen atoms in total. The highest BCUT2D eigenvalue weighted by molar-refractivity contribution is 5.06. The van der Waals surface area contributed by atoms with Crippen LogP contribution < -0.4 is 0 Å². The van der Waals surface area contributed by atoms with E-state index in [1.807, 2.05) is 4.68 Å². The summed E-state index contributed by atoms with van der Waals surface area (Å²) in [7, 11) is 0. The van der Waals surface area contributed by atoms with Crippen LogP contribution in [0.4, 0.5) is 0 Å². The molecule has 2 aromatic heterocycles. The molecule has 8 heteroatoms. The van der Waals surface area contributed by atoms with Crippen LogP contribution in [0.25, 0.3) is 0 Å². The molecular formula is C17H26N8. The molecule has 0 N–H and O–H groups in total. The molecule has 134 valence electrons. The summed E-state index contributed by atoms with van der Waals surface area (Å²) in [5, 5.41) is 21.4. The Balaban J connectivity index is 1.31. The van der Waals surface area contributed by atoms with Crippen LogP contribution in [-0.4, -0.2) is 53.0 Å². The van der Waals surface area contributed by atoms with Crippen LogP contribution in [0.5, 0.6) is 0 Å². The monoisotopic (exact) mass is 342 g/mol. The number of hydrogen-bond donors (Lipinski definition) is 0. The lowest BCUT2D eigenvalue weighted by atomic mass is 9.97. The number of nitrogens with zero attached hydrogens (tertiary/aromatic N) is 8. The standard InChI is InChI=1S/C17H26N8/c1-2-6-15-18-20-17(24(15)10-3-1)13-5-4-9-23(11-13)12-16-19-21-22-25(16)14-7-8-14/h13-14H,1-12H2/t13-/m0/s1. The zero-order chi connectivity index (χ0) is 16.6. The number of aryl methyl sites for hydroxylation is 1. The zero-order valence-corrected chi connectivity index (χ0v) is 14.7. The van der Waals surface area contributed by atoms with Gasteiger partial charge in [-0.3, -0.25) is 4.90 Å². The molecule has 3 aliphatic rings. The van der Waals surface area contributed by atoms with Crippen molar-refractivity contribution in [2.24, 2.45) is 0 Å². The number of piperidine rings is 1. The van der Waals surface area contributed by atoms with Crippen molar-refractivity contribution in [1.29, 1.82) is 0 Å². The van der Waals surface area contributed by atoms with Gasteiger partial charge in [-0.15, -0.1) is 15.3 Å². The lowest BCUT2D eigenvalue weighted by molar-refractivity contribution is 0.187. The second-order valence-corrected chi connectivity index (χ2v) is 7.78. The normalized spacial score (nSPS) is 24.9. The van der Waals surface area contributed by atoms with Gasteiger partial charge in [0, 0.05) is 25.4 Å². The predicted octanol–water partition coefficient (Wildman–Crippen LogP) is 1.71. The highest BCUT2D eigenvalue weighted by Gasteiger charge is 2.31. The third kappa shape index (κ3) is 3.07. The maximum Gasteiger partial charge on any atom is 0.165 e. The van der Waals surface area contributed by atoms with Gasteiger partial charge in [0.25, 0.3) is 0 Å². The van der Waals surface area contributed by atoms with Crippen LogP contribution in [-0.2, 0) is 19.5 Å². The maximum atomic E-state index is 4.59.